The molecule has 0 N–H and O–H groups in total. The molecule has 1 unspecified atom stereocenters. The molecular weight excluding hydrogens is 516 g/mol. The molecule has 0 radical (unpaired) electrons. The fourth-order valence-electron chi connectivity index (χ4n) is 5.54. The lowest BCUT2D eigenvalue weighted by Crippen LogP contribution is -2.47. The van der Waals surface area contributed by atoms with Gasteiger partial charge in [-0.1, -0.05) is 32.8 Å². The third-order valence-corrected chi connectivity index (χ3v) is 9.61. The Labute approximate surface area is 228 Å². The molecule has 0 spiro atoms. The molecule has 2 aliphatic heterocycles. The van der Waals surface area contributed by atoms with Gasteiger partial charge < -0.3 is 0 Å². The highest BCUT2D eigenvalue weighted by Crippen LogP contribution is 2.40. The van der Waals surface area contributed by atoms with Crippen molar-refractivity contribution in [3.05, 3.63) is 81.0 Å². The Morgan fingerprint density at radius 2 is 1.34 bits per heavy atom. The van der Waals surface area contributed by atoms with Gasteiger partial charge in [0.1, 0.15) is 0 Å². The summed E-state index contributed by atoms with van der Waals surface area (Å²) in [7, 11) is 0. The minimum absolute atomic E-state index is 0.166. The van der Waals surface area contributed by atoms with E-state index in [1.54, 1.807) is 46.9 Å². The summed E-state index contributed by atoms with van der Waals surface area (Å²) in [6, 6.07) is 14.4. The van der Waals surface area contributed by atoms with Crippen LogP contribution in [0.2, 0.25) is 0 Å². The zero-order valence-electron chi connectivity index (χ0n) is 21.2. The van der Waals surface area contributed by atoms with Crippen molar-refractivity contribution in [1.82, 2.24) is 9.80 Å². The van der Waals surface area contributed by atoms with E-state index >= 15 is 0 Å². The molecule has 2 aromatic heterocycles. The SMILES string of the molecule is CCCCC(CC)N1C(=O)c2ccc3c4c(ccc(c24)C1=O)C(=O)N(Cc1ccc(-c2cccs2)s1)C3=O. The molecule has 2 aromatic carbocycles. The average Bonchev–Trinajstić information content (AvgIpc) is 3.62. The normalized spacial score (nSPS) is 15.6. The molecule has 0 bridgehead atoms. The summed E-state index contributed by atoms with van der Waals surface area (Å²) in [6.45, 7) is 4.24. The predicted octanol–water partition coefficient (Wildman–Crippen LogP) is 6.99. The summed E-state index contributed by atoms with van der Waals surface area (Å²) in [5, 5.41) is 2.86. The van der Waals surface area contributed by atoms with Crippen LogP contribution in [-0.4, -0.2) is 39.5 Å². The van der Waals surface area contributed by atoms with Gasteiger partial charge in [0.05, 0.1) is 6.54 Å². The van der Waals surface area contributed by atoms with Gasteiger partial charge in [-0.05, 0) is 60.7 Å². The number of imide groups is 2. The van der Waals surface area contributed by atoms with Gasteiger partial charge in [0.15, 0.2) is 0 Å². The lowest BCUT2D eigenvalue weighted by atomic mass is 9.85. The number of carbonyl (C=O) groups is 4. The lowest BCUT2D eigenvalue weighted by molar-refractivity contribution is 0.0518. The first-order valence-corrected chi connectivity index (χ1v) is 14.6. The minimum Gasteiger partial charge on any atom is -0.271 e. The maximum absolute atomic E-state index is 13.6. The van der Waals surface area contributed by atoms with Crippen LogP contribution in [0, 0.1) is 0 Å². The van der Waals surface area contributed by atoms with Crippen LogP contribution >= 0.6 is 22.7 Å². The molecule has 2 aliphatic rings. The van der Waals surface area contributed by atoms with Gasteiger partial charge in [-0.2, -0.15) is 0 Å². The first kappa shape index (κ1) is 24.7. The Morgan fingerprint density at radius 1 is 0.737 bits per heavy atom. The number of hydrogen-bond acceptors (Lipinski definition) is 6. The largest absolute Gasteiger partial charge is 0.271 e. The molecule has 0 saturated heterocycles. The minimum atomic E-state index is -0.408. The van der Waals surface area contributed by atoms with Gasteiger partial charge in [-0.25, -0.2) is 0 Å². The summed E-state index contributed by atoms with van der Waals surface area (Å²) < 4.78 is 0. The van der Waals surface area contributed by atoms with E-state index in [0.29, 0.717) is 39.4 Å². The van der Waals surface area contributed by atoms with E-state index in [-0.39, 0.29) is 24.4 Å². The van der Waals surface area contributed by atoms with Crippen LogP contribution in [0.3, 0.4) is 0 Å². The van der Waals surface area contributed by atoms with Gasteiger partial charge in [0, 0.05) is 53.7 Å². The third-order valence-electron chi connectivity index (χ3n) is 7.48. The van der Waals surface area contributed by atoms with Crippen LogP contribution in [0.4, 0.5) is 0 Å². The van der Waals surface area contributed by atoms with Crippen molar-refractivity contribution in [3.63, 3.8) is 0 Å². The van der Waals surface area contributed by atoms with E-state index in [2.05, 4.69) is 6.92 Å². The molecule has 0 saturated carbocycles. The summed E-state index contributed by atoms with van der Waals surface area (Å²) in [5.74, 6) is -1.52. The monoisotopic (exact) mass is 542 g/mol. The topological polar surface area (TPSA) is 74.8 Å². The van der Waals surface area contributed by atoms with Crippen LogP contribution in [0.5, 0.6) is 0 Å². The molecule has 0 fully saturated rings. The zero-order valence-corrected chi connectivity index (χ0v) is 22.8. The second kappa shape index (κ2) is 9.60. The summed E-state index contributed by atoms with van der Waals surface area (Å²) >= 11 is 3.21. The molecule has 1 atom stereocenters. The maximum Gasteiger partial charge on any atom is 0.261 e. The zero-order chi connectivity index (χ0) is 26.6. The number of thiophene rings is 2. The summed E-state index contributed by atoms with van der Waals surface area (Å²) in [6.07, 6.45) is 3.33. The molecule has 4 aromatic rings. The van der Waals surface area contributed by atoms with Crippen LogP contribution < -0.4 is 0 Å². The number of hydrogen-bond donors (Lipinski definition) is 0. The van der Waals surface area contributed by atoms with Gasteiger partial charge in [-0.3, -0.25) is 29.0 Å². The van der Waals surface area contributed by atoms with E-state index in [1.165, 1.54) is 9.80 Å². The standard InChI is InChI=1S/C30H26N2O4S2/c1-3-5-7-17(4-2)32-29(35)21-12-10-19-25-20(11-13-22(26(21)25)30(32)36)28(34)31(27(19)33)16-18-9-14-24(38-18)23-8-6-15-37-23/h6,8-15,17H,3-5,7,16H2,1-2H3. The van der Waals surface area contributed by atoms with Crippen LogP contribution in [0.1, 0.15) is 85.8 Å². The quantitative estimate of drug-likeness (QED) is 0.225. The van der Waals surface area contributed by atoms with E-state index in [4.69, 9.17) is 0 Å². The number of nitrogens with zero attached hydrogens (tertiary/aromatic N) is 2. The summed E-state index contributed by atoms with van der Waals surface area (Å²) in [4.78, 5) is 60.2. The van der Waals surface area contributed by atoms with Gasteiger partial charge in [-0.15, -0.1) is 22.7 Å². The van der Waals surface area contributed by atoms with E-state index in [9.17, 15) is 19.2 Å². The molecule has 4 heterocycles. The van der Waals surface area contributed by atoms with Gasteiger partial charge in [0.2, 0.25) is 0 Å². The van der Waals surface area contributed by atoms with E-state index in [1.807, 2.05) is 36.6 Å². The molecular formula is C30H26N2O4S2. The van der Waals surface area contributed by atoms with Crippen molar-refractivity contribution >= 4 is 57.1 Å². The third kappa shape index (κ3) is 3.74. The fourth-order valence-corrected chi connectivity index (χ4v) is 7.38. The average molecular weight is 543 g/mol. The van der Waals surface area contributed by atoms with E-state index in [0.717, 1.165) is 33.9 Å². The van der Waals surface area contributed by atoms with Gasteiger partial charge >= 0.3 is 0 Å². The number of carbonyl (C=O) groups excluding carboxylic acids is 4. The molecule has 6 nitrogen and oxygen atoms in total. The van der Waals surface area contributed by atoms with Crippen molar-refractivity contribution in [2.24, 2.45) is 0 Å². The first-order chi connectivity index (χ1) is 18.4. The molecule has 38 heavy (non-hydrogen) atoms. The van der Waals surface area contributed by atoms with Gasteiger partial charge in [0.25, 0.3) is 23.6 Å². The molecule has 0 aliphatic carbocycles. The highest BCUT2D eigenvalue weighted by Gasteiger charge is 2.41. The van der Waals surface area contributed by atoms with Crippen molar-refractivity contribution in [2.45, 2.75) is 52.1 Å². The second-order valence-corrected chi connectivity index (χ2v) is 11.8. The van der Waals surface area contributed by atoms with Crippen molar-refractivity contribution in [1.29, 1.82) is 0 Å². The van der Waals surface area contributed by atoms with Crippen LogP contribution in [0.15, 0.2) is 53.9 Å². The second-order valence-electron chi connectivity index (χ2n) is 9.70. The Balaban J connectivity index is 1.39. The van der Waals surface area contributed by atoms with Crippen LogP contribution in [0.25, 0.3) is 20.5 Å². The number of amides is 4. The number of rotatable bonds is 8. The van der Waals surface area contributed by atoms with Crippen molar-refractivity contribution < 1.29 is 19.2 Å². The number of benzene rings is 2. The molecule has 192 valence electrons. The highest BCUT2D eigenvalue weighted by molar-refractivity contribution is 7.21. The van der Waals surface area contributed by atoms with Crippen LogP contribution in [-0.2, 0) is 6.54 Å². The number of unbranched alkanes of at least 4 members (excludes halogenated alkanes) is 1. The smallest absolute Gasteiger partial charge is 0.261 e. The predicted molar refractivity (Wildman–Crippen MR) is 150 cm³/mol. The molecule has 4 amide bonds. The Morgan fingerprint density at radius 3 is 1.87 bits per heavy atom. The Bertz CT molecular complexity index is 1550. The highest BCUT2D eigenvalue weighted by atomic mass is 32.1. The molecule has 6 rings (SSSR count). The maximum atomic E-state index is 13.6. The van der Waals surface area contributed by atoms with E-state index < -0.39 is 11.8 Å². The first-order valence-electron chi connectivity index (χ1n) is 12.9. The van der Waals surface area contributed by atoms with Crippen molar-refractivity contribution in [2.75, 3.05) is 0 Å². The van der Waals surface area contributed by atoms with Crippen molar-refractivity contribution in [3.8, 4) is 9.75 Å². The molecule has 8 heteroatoms. The fraction of sp³-hybridized carbons (Fsp3) is 0.267. The summed E-state index contributed by atoms with van der Waals surface area (Å²) in [5.41, 5.74) is 1.45. The lowest BCUT2D eigenvalue weighted by Gasteiger charge is -2.35. The Hall–Kier alpha value is -3.62. The Kier molecular flexibility index (Phi) is 6.24.